The highest BCUT2D eigenvalue weighted by Crippen LogP contribution is 2.68. The Labute approximate surface area is 287 Å². The van der Waals surface area contributed by atoms with E-state index in [4.69, 9.17) is 23.7 Å². The van der Waals surface area contributed by atoms with Crippen molar-refractivity contribution < 1.29 is 43.5 Å². The van der Waals surface area contributed by atoms with Gasteiger partial charge in [0.1, 0.15) is 23.9 Å². The number of methoxy groups -OCH3 is 1. The van der Waals surface area contributed by atoms with Gasteiger partial charge in [0.2, 0.25) is 0 Å². The van der Waals surface area contributed by atoms with Crippen molar-refractivity contribution in [1.29, 1.82) is 0 Å². The van der Waals surface area contributed by atoms with E-state index in [0.717, 1.165) is 11.1 Å². The van der Waals surface area contributed by atoms with Crippen molar-refractivity contribution in [1.82, 2.24) is 0 Å². The molecular weight excluding hydrogens is 715 g/mol. The van der Waals surface area contributed by atoms with Crippen molar-refractivity contribution in [3.8, 4) is 11.5 Å². The number of halogens is 1. The van der Waals surface area contributed by atoms with Crippen LogP contribution in [0.4, 0.5) is 0 Å². The summed E-state index contributed by atoms with van der Waals surface area (Å²) in [6.45, 7) is 9.99. The summed E-state index contributed by atoms with van der Waals surface area (Å²) in [6.07, 6.45) is 4.13. The molecule has 1 saturated carbocycles. The average Bonchev–Trinajstić information content (AvgIpc) is 3.33. The van der Waals surface area contributed by atoms with Gasteiger partial charge in [-0.1, -0.05) is 56.0 Å². The predicted molar refractivity (Wildman–Crippen MR) is 179 cm³/mol. The van der Waals surface area contributed by atoms with Gasteiger partial charge < -0.3 is 33.9 Å². The van der Waals surface area contributed by atoms with E-state index < -0.39 is 46.7 Å². The van der Waals surface area contributed by atoms with Gasteiger partial charge in [0, 0.05) is 18.3 Å². The van der Waals surface area contributed by atoms with Crippen molar-refractivity contribution in [2.24, 2.45) is 17.8 Å². The van der Waals surface area contributed by atoms with Crippen LogP contribution in [0.25, 0.3) is 0 Å². The number of phenols is 1. The molecule has 2 saturated heterocycles. The van der Waals surface area contributed by atoms with Gasteiger partial charge in [0.15, 0.2) is 17.3 Å². The minimum Gasteiger partial charge on any atom is -0.504 e. The van der Waals surface area contributed by atoms with Crippen LogP contribution in [0.1, 0.15) is 44.7 Å². The fourth-order valence-electron chi connectivity index (χ4n) is 8.76. The van der Waals surface area contributed by atoms with Gasteiger partial charge in [-0.25, -0.2) is 0 Å². The molecule has 2 aromatic carbocycles. The minimum atomic E-state index is -1.81. The summed E-state index contributed by atoms with van der Waals surface area (Å²) in [7, 11) is 1.45. The Hall–Kier alpha value is -3.03. The highest BCUT2D eigenvalue weighted by molar-refractivity contribution is 14.1. The lowest BCUT2D eigenvalue weighted by atomic mass is 9.55. The summed E-state index contributed by atoms with van der Waals surface area (Å²) in [5.41, 5.74) is -0.244. The standard InChI is InChI=1S/C37H39IO9/c1-20(2)35-16-22(4)37-26(33(35)45-36(46-35,47-37)18-23-9-7-6-8-10-23)12-25(17-34(42)29(37)11-21(3)32(34)41)19-44-30(39)15-24-13-27(38)31(40)28(14-24)43-5/h6-14,22,26,29,33,40,42H,1,15-19H2,2-5H3/t22?,26?,29-,33?,34-,35?,36-,37-/m1/s1. The van der Waals surface area contributed by atoms with Gasteiger partial charge in [0.05, 0.1) is 29.1 Å². The molecule has 3 aliphatic carbocycles. The highest BCUT2D eigenvalue weighted by atomic mass is 127. The zero-order chi connectivity index (χ0) is 33.5. The first-order valence-electron chi connectivity index (χ1n) is 15.9. The second kappa shape index (κ2) is 11.3. The maximum absolute atomic E-state index is 13.8. The molecule has 2 heterocycles. The van der Waals surface area contributed by atoms with Crippen LogP contribution in [0.5, 0.6) is 11.5 Å². The van der Waals surface area contributed by atoms with E-state index in [1.807, 2.05) is 72.0 Å². The second-order valence-corrected chi connectivity index (χ2v) is 15.0. The largest absolute Gasteiger partial charge is 0.504 e. The molecule has 4 unspecified atom stereocenters. The van der Waals surface area contributed by atoms with Gasteiger partial charge in [0.25, 0.3) is 5.97 Å². The molecule has 47 heavy (non-hydrogen) atoms. The maximum Gasteiger partial charge on any atom is 0.310 e. The molecule has 8 atom stereocenters. The number of carbonyl (C=O) groups is 2. The lowest BCUT2D eigenvalue weighted by Gasteiger charge is -2.59. The monoisotopic (exact) mass is 754 g/mol. The van der Waals surface area contributed by atoms with Crippen LogP contribution in [-0.4, -0.2) is 64.6 Å². The van der Waals surface area contributed by atoms with Crippen LogP contribution in [0, 0.1) is 21.3 Å². The molecule has 0 aromatic heterocycles. The normalized spacial score (nSPS) is 36.6. The Balaban J connectivity index is 1.26. The zero-order valence-electron chi connectivity index (χ0n) is 26.9. The van der Waals surface area contributed by atoms with Crippen molar-refractivity contribution in [2.45, 2.75) is 75.3 Å². The summed E-state index contributed by atoms with van der Waals surface area (Å²) in [6, 6.07) is 13.1. The first kappa shape index (κ1) is 32.5. The fraction of sp³-hybridized carbons (Fsp3) is 0.459. The molecule has 0 amide bonds. The van der Waals surface area contributed by atoms with E-state index in [-0.39, 0.29) is 42.6 Å². The Bertz CT molecular complexity index is 1730. The number of ether oxygens (including phenoxy) is 5. The van der Waals surface area contributed by atoms with Gasteiger partial charge in [-0.05, 0) is 88.8 Å². The SMILES string of the molecule is C=C(C)C12CC(C)[C@@]34O[C@](Cc5ccccc5)(OC1C3C=C(COC(=O)Cc1cc(I)c(O)c(OC)c1)C[C@]1(O)C(=O)C(C)=C[C@@H]41)O2. The van der Waals surface area contributed by atoms with Gasteiger partial charge in [-0.3, -0.25) is 9.59 Å². The number of hydrogen-bond acceptors (Lipinski definition) is 9. The van der Waals surface area contributed by atoms with Gasteiger partial charge in [-0.15, -0.1) is 0 Å². The molecule has 0 radical (unpaired) electrons. The van der Waals surface area contributed by atoms with E-state index >= 15 is 0 Å². The third kappa shape index (κ3) is 4.85. The Morgan fingerprint density at radius 1 is 1.15 bits per heavy atom. The Morgan fingerprint density at radius 3 is 2.60 bits per heavy atom. The molecule has 248 valence electrons. The molecule has 2 N–H and O–H groups in total. The number of phenolic OH excluding ortho intramolecular Hbond substituents is 1. The van der Waals surface area contributed by atoms with E-state index in [1.165, 1.54) is 7.11 Å². The number of carbonyl (C=O) groups excluding carboxylic acids is 2. The molecule has 9 nitrogen and oxygen atoms in total. The third-order valence-corrected chi connectivity index (χ3v) is 11.6. The van der Waals surface area contributed by atoms with Crippen LogP contribution in [0.2, 0.25) is 0 Å². The summed E-state index contributed by atoms with van der Waals surface area (Å²) in [5.74, 6) is -3.34. The minimum absolute atomic E-state index is 0.00680. The Morgan fingerprint density at radius 2 is 1.89 bits per heavy atom. The molecular formula is C37H39IO9. The molecule has 3 fully saturated rings. The molecule has 0 spiro atoms. The van der Waals surface area contributed by atoms with Gasteiger partial charge in [-0.2, -0.15) is 0 Å². The number of aromatic hydroxyl groups is 1. The van der Waals surface area contributed by atoms with Crippen LogP contribution in [0.3, 0.4) is 0 Å². The van der Waals surface area contributed by atoms with Crippen LogP contribution >= 0.6 is 22.6 Å². The zero-order valence-corrected chi connectivity index (χ0v) is 29.0. The topological polar surface area (TPSA) is 121 Å². The number of Topliss-reactive ketones (excluding diaryl/α,β-unsaturated/α-hetero) is 1. The smallest absolute Gasteiger partial charge is 0.310 e. The third-order valence-electron chi connectivity index (χ3n) is 10.8. The summed E-state index contributed by atoms with van der Waals surface area (Å²) < 4.78 is 32.5. The first-order chi connectivity index (χ1) is 22.3. The van der Waals surface area contributed by atoms with Gasteiger partial charge >= 0.3 is 5.97 Å². The van der Waals surface area contributed by atoms with Crippen molar-refractivity contribution >= 4 is 34.3 Å². The van der Waals surface area contributed by atoms with Crippen LogP contribution in [-0.2, 0) is 41.4 Å². The van der Waals surface area contributed by atoms with Crippen molar-refractivity contribution in [3.63, 3.8) is 0 Å². The van der Waals surface area contributed by atoms with E-state index in [1.54, 1.807) is 19.1 Å². The van der Waals surface area contributed by atoms with E-state index in [9.17, 15) is 19.8 Å². The van der Waals surface area contributed by atoms with Crippen molar-refractivity contribution in [2.75, 3.05) is 13.7 Å². The number of esters is 1. The fourth-order valence-corrected chi connectivity index (χ4v) is 9.43. The summed E-state index contributed by atoms with van der Waals surface area (Å²) >= 11 is 1.98. The molecule has 10 heteroatoms. The molecule has 3 bridgehead atoms. The summed E-state index contributed by atoms with van der Waals surface area (Å²) in [5, 5.41) is 22.6. The quantitative estimate of drug-likeness (QED) is 0.209. The molecule has 2 aliphatic heterocycles. The lowest BCUT2D eigenvalue weighted by molar-refractivity contribution is -0.421. The lowest BCUT2D eigenvalue weighted by Crippen LogP contribution is -2.70. The number of rotatable bonds is 8. The van der Waals surface area contributed by atoms with Crippen molar-refractivity contribution in [3.05, 3.63) is 92.6 Å². The number of aliphatic hydroxyl groups is 1. The second-order valence-electron chi connectivity index (χ2n) is 13.8. The predicted octanol–water partition coefficient (Wildman–Crippen LogP) is 5.35. The molecule has 2 aromatic rings. The highest BCUT2D eigenvalue weighted by Gasteiger charge is 2.79. The summed E-state index contributed by atoms with van der Waals surface area (Å²) in [4.78, 5) is 26.9. The number of ketones is 1. The Kier molecular flexibility index (Phi) is 7.79. The van der Waals surface area contributed by atoms with Crippen LogP contribution < -0.4 is 4.74 Å². The average molecular weight is 755 g/mol. The number of fused-ring (bicyclic) bond motifs is 2. The molecule has 7 rings (SSSR count). The van der Waals surface area contributed by atoms with E-state index in [2.05, 4.69) is 13.5 Å². The first-order valence-corrected chi connectivity index (χ1v) is 17.0. The molecule has 5 aliphatic rings. The number of benzene rings is 2. The van der Waals surface area contributed by atoms with E-state index in [0.29, 0.717) is 33.1 Å². The number of hydrogen-bond donors (Lipinski definition) is 2. The van der Waals surface area contributed by atoms with Crippen LogP contribution in [0.15, 0.2) is 77.9 Å². The maximum atomic E-state index is 13.8.